The molecule has 0 aliphatic rings. The van der Waals surface area contributed by atoms with E-state index >= 15 is 0 Å². The normalized spacial score (nSPS) is 10.5. The smallest absolute Gasteiger partial charge is 0.433 e. The summed E-state index contributed by atoms with van der Waals surface area (Å²) in [5.74, 6) is 0.910. The summed E-state index contributed by atoms with van der Waals surface area (Å²) >= 11 is 0. The number of hydrogen-bond acceptors (Lipinski definition) is 7. The summed E-state index contributed by atoms with van der Waals surface area (Å²) in [6.45, 7) is 0. The zero-order valence-electron chi connectivity index (χ0n) is 10.8. The number of furan rings is 1. The van der Waals surface area contributed by atoms with Gasteiger partial charge in [0.25, 0.3) is 5.89 Å². The topological polar surface area (TPSA) is 104 Å². The standard InChI is InChI=1S/C13H9N3O5/c1-19-9-4-2-8(3-5-9)12-14-13(21-15-12)10-6-7-11(20-10)16(17)18/h2-7H,1H3. The molecule has 0 radical (unpaired) electrons. The molecule has 3 rings (SSSR count). The Bertz CT molecular complexity index is 775. The number of rotatable bonds is 4. The van der Waals surface area contributed by atoms with Crippen LogP contribution in [0.1, 0.15) is 0 Å². The Hall–Kier alpha value is -3.16. The van der Waals surface area contributed by atoms with Gasteiger partial charge in [0.15, 0.2) is 5.76 Å². The second-order valence-corrected chi connectivity index (χ2v) is 4.05. The van der Waals surface area contributed by atoms with E-state index in [1.807, 2.05) is 0 Å². The summed E-state index contributed by atoms with van der Waals surface area (Å²) < 4.78 is 15.1. The van der Waals surface area contributed by atoms with Crippen molar-refractivity contribution in [1.29, 1.82) is 0 Å². The zero-order chi connectivity index (χ0) is 14.8. The van der Waals surface area contributed by atoms with Crippen molar-refractivity contribution in [2.75, 3.05) is 7.11 Å². The van der Waals surface area contributed by atoms with E-state index < -0.39 is 4.92 Å². The van der Waals surface area contributed by atoms with Crippen molar-refractivity contribution in [3.63, 3.8) is 0 Å². The molecule has 8 nitrogen and oxygen atoms in total. The molecule has 0 spiro atoms. The van der Waals surface area contributed by atoms with Gasteiger partial charge in [0.1, 0.15) is 10.7 Å². The lowest BCUT2D eigenvalue weighted by Crippen LogP contribution is -1.84. The molecule has 2 aromatic heterocycles. The molecule has 0 aliphatic heterocycles. The molecule has 0 aliphatic carbocycles. The van der Waals surface area contributed by atoms with E-state index in [0.29, 0.717) is 11.6 Å². The summed E-state index contributed by atoms with van der Waals surface area (Å²) in [7, 11) is 1.57. The Labute approximate surface area is 118 Å². The average Bonchev–Trinajstić information content (AvgIpc) is 3.16. The summed E-state index contributed by atoms with van der Waals surface area (Å²) in [5, 5.41) is 14.4. The van der Waals surface area contributed by atoms with Crippen LogP contribution in [0.3, 0.4) is 0 Å². The average molecular weight is 287 g/mol. The maximum Gasteiger partial charge on any atom is 0.433 e. The van der Waals surface area contributed by atoms with Gasteiger partial charge in [0.05, 0.1) is 13.2 Å². The number of nitro groups is 1. The van der Waals surface area contributed by atoms with Crippen LogP contribution in [0.25, 0.3) is 23.0 Å². The van der Waals surface area contributed by atoms with Crippen molar-refractivity contribution in [3.05, 3.63) is 46.5 Å². The van der Waals surface area contributed by atoms with Crippen molar-refractivity contribution >= 4 is 5.88 Å². The lowest BCUT2D eigenvalue weighted by Gasteiger charge is -1.98. The van der Waals surface area contributed by atoms with E-state index in [-0.39, 0.29) is 17.5 Å². The third kappa shape index (κ3) is 2.46. The Morgan fingerprint density at radius 3 is 2.57 bits per heavy atom. The highest BCUT2D eigenvalue weighted by atomic mass is 16.6. The highest BCUT2D eigenvalue weighted by molar-refractivity contribution is 5.58. The van der Waals surface area contributed by atoms with Crippen LogP contribution >= 0.6 is 0 Å². The van der Waals surface area contributed by atoms with Crippen molar-refractivity contribution in [2.45, 2.75) is 0 Å². The molecular formula is C13H9N3O5. The van der Waals surface area contributed by atoms with Gasteiger partial charge in [-0.2, -0.15) is 4.98 Å². The van der Waals surface area contributed by atoms with E-state index in [9.17, 15) is 10.1 Å². The van der Waals surface area contributed by atoms with Gasteiger partial charge in [-0.1, -0.05) is 5.16 Å². The van der Waals surface area contributed by atoms with E-state index in [1.54, 1.807) is 31.4 Å². The van der Waals surface area contributed by atoms with E-state index in [0.717, 1.165) is 5.56 Å². The third-order valence-electron chi connectivity index (χ3n) is 2.76. The highest BCUT2D eigenvalue weighted by Crippen LogP contribution is 2.27. The Kier molecular flexibility index (Phi) is 3.11. The minimum absolute atomic E-state index is 0.0777. The van der Waals surface area contributed by atoms with Crippen LogP contribution in [0, 0.1) is 10.1 Å². The molecule has 0 fully saturated rings. The van der Waals surface area contributed by atoms with Gasteiger partial charge in [-0.25, -0.2) is 0 Å². The molecule has 3 aromatic rings. The van der Waals surface area contributed by atoms with Crippen LogP contribution < -0.4 is 4.74 Å². The van der Waals surface area contributed by atoms with Crippen molar-refractivity contribution in [2.24, 2.45) is 0 Å². The molecular weight excluding hydrogens is 278 g/mol. The van der Waals surface area contributed by atoms with Crippen LogP contribution in [-0.4, -0.2) is 22.2 Å². The first-order valence-electron chi connectivity index (χ1n) is 5.90. The molecule has 0 saturated heterocycles. The third-order valence-corrected chi connectivity index (χ3v) is 2.76. The SMILES string of the molecule is COc1ccc(-c2noc(-c3ccc([N+](=O)[O-])o3)n2)cc1. The van der Waals surface area contributed by atoms with Gasteiger partial charge >= 0.3 is 5.88 Å². The molecule has 0 atom stereocenters. The first-order chi connectivity index (χ1) is 10.2. The lowest BCUT2D eigenvalue weighted by atomic mass is 10.2. The van der Waals surface area contributed by atoms with E-state index in [4.69, 9.17) is 13.7 Å². The highest BCUT2D eigenvalue weighted by Gasteiger charge is 2.18. The first kappa shape index (κ1) is 12.9. The number of hydrogen-bond donors (Lipinski definition) is 0. The van der Waals surface area contributed by atoms with E-state index in [1.165, 1.54) is 12.1 Å². The lowest BCUT2D eigenvalue weighted by molar-refractivity contribution is -0.401. The summed E-state index contributed by atoms with van der Waals surface area (Å²) in [6.07, 6.45) is 0. The van der Waals surface area contributed by atoms with Crippen LogP contribution in [0.2, 0.25) is 0 Å². The molecule has 1 aromatic carbocycles. The number of aromatic nitrogens is 2. The van der Waals surface area contributed by atoms with Crippen LogP contribution in [-0.2, 0) is 0 Å². The maximum atomic E-state index is 10.6. The number of nitrogens with zero attached hydrogens (tertiary/aromatic N) is 3. The van der Waals surface area contributed by atoms with Crippen LogP contribution in [0.4, 0.5) is 5.88 Å². The monoisotopic (exact) mass is 287 g/mol. The summed E-state index contributed by atoms with van der Waals surface area (Å²) in [6, 6.07) is 9.72. The zero-order valence-corrected chi connectivity index (χ0v) is 10.8. The molecule has 0 N–H and O–H groups in total. The van der Waals surface area contributed by atoms with Gasteiger partial charge in [0.2, 0.25) is 5.82 Å². The Morgan fingerprint density at radius 1 is 1.19 bits per heavy atom. The van der Waals surface area contributed by atoms with Crippen molar-refractivity contribution < 1.29 is 18.6 Å². The largest absolute Gasteiger partial charge is 0.497 e. The van der Waals surface area contributed by atoms with Crippen molar-refractivity contribution in [3.8, 4) is 28.8 Å². The number of ether oxygens (including phenoxy) is 1. The summed E-state index contributed by atoms with van der Waals surface area (Å²) in [4.78, 5) is 14.1. The molecule has 21 heavy (non-hydrogen) atoms. The second-order valence-electron chi connectivity index (χ2n) is 4.05. The molecule has 0 amide bonds. The van der Waals surface area contributed by atoms with Gasteiger partial charge < -0.3 is 13.7 Å². The van der Waals surface area contributed by atoms with Gasteiger partial charge in [0, 0.05) is 5.56 Å². The fourth-order valence-electron chi connectivity index (χ4n) is 1.72. The fourth-order valence-corrected chi connectivity index (χ4v) is 1.72. The molecule has 0 bridgehead atoms. The number of benzene rings is 1. The van der Waals surface area contributed by atoms with Gasteiger partial charge in [-0.15, -0.1) is 0 Å². The maximum absolute atomic E-state index is 10.6. The predicted molar refractivity (Wildman–Crippen MR) is 70.6 cm³/mol. The summed E-state index contributed by atoms with van der Waals surface area (Å²) in [5.41, 5.74) is 0.729. The van der Waals surface area contributed by atoms with Gasteiger partial charge in [-0.3, -0.25) is 10.1 Å². The minimum atomic E-state index is -0.635. The molecule has 106 valence electrons. The first-order valence-corrected chi connectivity index (χ1v) is 5.90. The molecule has 0 saturated carbocycles. The molecule has 0 unspecified atom stereocenters. The fraction of sp³-hybridized carbons (Fsp3) is 0.0769. The Balaban J connectivity index is 1.89. The van der Waals surface area contributed by atoms with E-state index in [2.05, 4.69) is 10.1 Å². The second kappa shape index (κ2) is 5.08. The number of methoxy groups -OCH3 is 1. The van der Waals surface area contributed by atoms with Crippen LogP contribution in [0.15, 0.2) is 45.3 Å². The molecule has 8 heteroatoms. The predicted octanol–water partition coefficient (Wildman–Crippen LogP) is 2.91. The molecule has 2 heterocycles. The van der Waals surface area contributed by atoms with Crippen LogP contribution in [0.5, 0.6) is 5.75 Å². The van der Waals surface area contributed by atoms with Gasteiger partial charge in [-0.05, 0) is 30.3 Å². The Morgan fingerprint density at radius 2 is 1.95 bits per heavy atom. The minimum Gasteiger partial charge on any atom is -0.497 e. The quantitative estimate of drug-likeness (QED) is 0.536. The van der Waals surface area contributed by atoms with Crippen molar-refractivity contribution in [1.82, 2.24) is 10.1 Å².